The zero-order valence-electron chi connectivity index (χ0n) is 13.3. The van der Waals surface area contributed by atoms with Crippen molar-refractivity contribution in [2.45, 2.75) is 6.92 Å². The summed E-state index contributed by atoms with van der Waals surface area (Å²) in [5.74, 6) is 0.883. The predicted octanol–water partition coefficient (Wildman–Crippen LogP) is 3.30. The van der Waals surface area contributed by atoms with Gasteiger partial charge in [-0.2, -0.15) is 5.26 Å². The van der Waals surface area contributed by atoms with Gasteiger partial charge in [0.25, 0.3) is 5.56 Å². The van der Waals surface area contributed by atoms with Crippen molar-refractivity contribution in [2.24, 2.45) is 0 Å². The maximum Gasteiger partial charge on any atom is 0.259 e. The Bertz CT molecular complexity index is 1040. The van der Waals surface area contributed by atoms with Crippen molar-refractivity contribution in [2.75, 3.05) is 7.11 Å². The Balaban J connectivity index is 2.17. The number of aryl methyl sites for hydroxylation is 1. The van der Waals surface area contributed by atoms with Crippen molar-refractivity contribution in [3.8, 4) is 11.8 Å². The van der Waals surface area contributed by atoms with E-state index in [9.17, 15) is 10.1 Å². The number of benzene rings is 2. The van der Waals surface area contributed by atoms with Gasteiger partial charge in [0.2, 0.25) is 0 Å². The molecule has 2 aromatic carbocycles. The van der Waals surface area contributed by atoms with Crippen LogP contribution >= 0.6 is 0 Å². The highest BCUT2D eigenvalue weighted by Gasteiger charge is 2.10. The first-order chi connectivity index (χ1) is 11.6. The number of methoxy groups -OCH3 is 1. The van der Waals surface area contributed by atoms with Crippen LogP contribution in [0.25, 0.3) is 22.6 Å². The minimum atomic E-state index is -0.264. The van der Waals surface area contributed by atoms with Crippen LogP contribution in [0.4, 0.5) is 0 Å². The quantitative estimate of drug-likeness (QED) is 0.752. The summed E-state index contributed by atoms with van der Waals surface area (Å²) in [6.45, 7) is 1.91. The lowest BCUT2D eigenvalue weighted by atomic mass is 10.1. The van der Waals surface area contributed by atoms with Crippen LogP contribution in [0.1, 0.15) is 17.0 Å². The number of fused-ring (bicyclic) bond motifs is 1. The van der Waals surface area contributed by atoms with Gasteiger partial charge in [0, 0.05) is 5.56 Å². The largest absolute Gasteiger partial charge is 0.496 e. The molecule has 0 saturated heterocycles. The van der Waals surface area contributed by atoms with Gasteiger partial charge in [-0.25, -0.2) is 4.98 Å². The minimum absolute atomic E-state index is 0.241. The van der Waals surface area contributed by atoms with Gasteiger partial charge in [0.15, 0.2) is 5.82 Å². The number of aromatic nitrogens is 2. The summed E-state index contributed by atoms with van der Waals surface area (Å²) >= 11 is 0. The van der Waals surface area contributed by atoms with Crippen LogP contribution in [0.5, 0.6) is 5.75 Å². The van der Waals surface area contributed by atoms with Gasteiger partial charge in [-0.1, -0.05) is 29.8 Å². The van der Waals surface area contributed by atoms with Crippen LogP contribution in [-0.4, -0.2) is 17.1 Å². The van der Waals surface area contributed by atoms with E-state index in [1.165, 1.54) is 0 Å². The van der Waals surface area contributed by atoms with E-state index in [0.717, 1.165) is 11.1 Å². The van der Waals surface area contributed by atoms with Crippen LogP contribution in [0.3, 0.4) is 0 Å². The van der Waals surface area contributed by atoms with Crippen molar-refractivity contribution >= 4 is 22.6 Å². The van der Waals surface area contributed by atoms with Gasteiger partial charge in [-0.05, 0) is 31.2 Å². The van der Waals surface area contributed by atoms with E-state index in [-0.39, 0.29) is 17.0 Å². The highest BCUT2D eigenvalue weighted by Crippen LogP contribution is 2.23. The summed E-state index contributed by atoms with van der Waals surface area (Å²) in [4.78, 5) is 19.4. The number of aromatic amines is 1. The van der Waals surface area contributed by atoms with Crippen LogP contribution in [0, 0.1) is 18.3 Å². The number of ether oxygens (including phenoxy) is 1. The molecule has 0 radical (unpaired) electrons. The molecule has 0 saturated carbocycles. The zero-order valence-corrected chi connectivity index (χ0v) is 13.3. The number of hydrogen-bond donors (Lipinski definition) is 1. The molecule has 5 nitrogen and oxygen atoms in total. The third kappa shape index (κ3) is 2.90. The number of nitrogens with one attached hydrogen (secondary N) is 1. The lowest BCUT2D eigenvalue weighted by Gasteiger charge is -2.06. The van der Waals surface area contributed by atoms with E-state index >= 15 is 0 Å². The Kier molecular flexibility index (Phi) is 4.13. The average molecular weight is 317 g/mol. The number of para-hydroxylation sites is 1. The SMILES string of the molecule is COc1ccccc1C=C(C#N)c1nc2ccc(C)cc2c(=O)[nH]1. The molecule has 0 bridgehead atoms. The summed E-state index contributed by atoms with van der Waals surface area (Å²) in [6, 6.07) is 14.9. The second-order valence-corrected chi connectivity index (χ2v) is 5.35. The standard InChI is InChI=1S/C19H15N3O2/c1-12-7-8-16-15(9-12)19(23)22-18(21-16)14(11-20)10-13-5-3-4-6-17(13)24-2/h3-10H,1-2H3,(H,21,22,23). The monoisotopic (exact) mass is 317 g/mol. The lowest BCUT2D eigenvalue weighted by Crippen LogP contribution is -2.11. The van der Waals surface area contributed by atoms with Gasteiger partial charge in [-0.3, -0.25) is 4.79 Å². The number of allylic oxidation sites excluding steroid dienone is 1. The van der Waals surface area contributed by atoms with Crippen molar-refractivity contribution in [3.63, 3.8) is 0 Å². The molecule has 3 aromatic rings. The molecule has 0 amide bonds. The Hall–Kier alpha value is -3.39. The Labute approximate surface area is 138 Å². The maximum absolute atomic E-state index is 12.3. The molecule has 0 unspecified atom stereocenters. The normalized spacial score (nSPS) is 11.3. The molecule has 3 rings (SSSR count). The fourth-order valence-electron chi connectivity index (χ4n) is 2.47. The predicted molar refractivity (Wildman–Crippen MR) is 93.6 cm³/mol. The highest BCUT2D eigenvalue weighted by atomic mass is 16.5. The molecule has 1 N–H and O–H groups in total. The summed E-state index contributed by atoms with van der Waals surface area (Å²) < 4.78 is 5.29. The van der Waals surface area contributed by atoms with E-state index in [4.69, 9.17) is 4.74 Å². The minimum Gasteiger partial charge on any atom is -0.496 e. The number of nitriles is 1. The molecule has 0 atom stereocenters. The summed E-state index contributed by atoms with van der Waals surface area (Å²) in [7, 11) is 1.57. The first-order valence-corrected chi connectivity index (χ1v) is 7.38. The molecule has 5 heteroatoms. The van der Waals surface area contributed by atoms with Crippen LogP contribution in [-0.2, 0) is 0 Å². The summed E-state index contributed by atoms with van der Waals surface area (Å²) in [5, 5.41) is 10.00. The van der Waals surface area contributed by atoms with Crippen molar-refractivity contribution in [1.82, 2.24) is 9.97 Å². The van der Waals surface area contributed by atoms with Gasteiger partial charge >= 0.3 is 0 Å². The average Bonchev–Trinajstić information content (AvgIpc) is 2.60. The number of hydrogen-bond acceptors (Lipinski definition) is 4. The molecule has 1 aromatic heterocycles. The Morgan fingerprint density at radius 2 is 2.08 bits per heavy atom. The van der Waals surface area contributed by atoms with E-state index in [1.807, 2.05) is 31.2 Å². The van der Waals surface area contributed by atoms with E-state index in [0.29, 0.717) is 16.7 Å². The molecule has 0 aliphatic rings. The zero-order chi connectivity index (χ0) is 17.1. The first kappa shape index (κ1) is 15.5. The molecular weight excluding hydrogens is 302 g/mol. The lowest BCUT2D eigenvalue weighted by molar-refractivity contribution is 0.414. The molecule has 0 fully saturated rings. The molecule has 1 heterocycles. The molecule has 0 spiro atoms. The highest BCUT2D eigenvalue weighted by molar-refractivity contribution is 5.90. The Morgan fingerprint density at radius 1 is 1.29 bits per heavy atom. The number of H-pyrrole nitrogens is 1. The smallest absolute Gasteiger partial charge is 0.259 e. The van der Waals surface area contributed by atoms with Crippen LogP contribution < -0.4 is 10.3 Å². The maximum atomic E-state index is 12.3. The van der Waals surface area contributed by atoms with E-state index in [2.05, 4.69) is 16.0 Å². The molecule has 24 heavy (non-hydrogen) atoms. The number of rotatable bonds is 3. The van der Waals surface area contributed by atoms with Crippen molar-refractivity contribution in [3.05, 3.63) is 69.8 Å². The van der Waals surface area contributed by atoms with Crippen molar-refractivity contribution in [1.29, 1.82) is 5.26 Å². The van der Waals surface area contributed by atoms with Crippen molar-refractivity contribution < 1.29 is 4.74 Å². The second kappa shape index (κ2) is 6.39. The molecular formula is C19H15N3O2. The summed E-state index contributed by atoms with van der Waals surface area (Å²) in [5.41, 5.74) is 2.27. The molecule has 0 aliphatic carbocycles. The van der Waals surface area contributed by atoms with E-state index in [1.54, 1.807) is 31.4 Å². The fourth-order valence-corrected chi connectivity index (χ4v) is 2.47. The summed E-state index contributed by atoms with van der Waals surface area (Å²) in [6.07, 6.45) is 1.65. The third-order valence-electron chi connectivity index (χ3n) is 3.68. The molecule has 0 aliphatic heterocycles. The van der Waals surface area contributed by atoms with Crippen LogP contribution in [0.15, 0.2) is 47.3 Å². The van der Waals surface area contributed by atoms with Gasteiger partial charge < -0.3 is 9.72 Å². The molecule has 118 valence electrons. The fraction of sp³-hybridized carbons (Fsp3) is 0.105. The van der Waals surface area contributed by atoms with Gasteiger partial charge in [0.05, 0.1) is 23.6 Å². The van der Waals surface area contributed by atoms with Gasteiger partial charge in [0.1, 0.15) is 11.8 Å². The van der Waals surface area contributed by atoms with Crippen LogP contribution in [0.2, 0.25) is 0 Å². The third-order valence-corrected chi connectivity index (χ3v) is 3.68. The topological polar surface area (TPSA) is 78.8 Å². The number of nitrogens with zero attached hydrogens (tertiary/aromatic N) is 2. The second-order valence-electron chi connectivity index (χ2n) is 5.35. The van der Waals surface area contributed by atoms with E-state index < -0.39 is 0 Å². The first-order valence-electron chi connectivity index (χ1n) is 7.38. The Morgan fingerprint density at radius 3 is 2.83 bits per heavy atom. The van der Waals surface area contributed by atoms with Gasteiger partial charge in [-0.15, -0.1) is 0 Å².